The van der Waals surface area contributed by atoms with Crippen molar-refractivity contribution in [2.24, 2.45) is 0 Å². The van der Waals surface area contributed by atoms with Crippen molar-refractivity contribution in [2.45, 2.75) is 6.10 Å². The Labute approximate surface area is 108 Å². The molecule has 0 bridgehead atoms. The number of ether oxygens (including phenoxy) is 2. The highest BCUT2D eigenvalue weighted by Gasteiger charge is 2.15. The van der Waals surface area contributed by atoms with Crippen LogP contribution in [0.1, 0.15) is 10.4 Å². The lowest BCUT2D eigenvalue weighted by Crippen LogP contribution is -2.39. The third-order valence-electron chi connectivity index (χ3n) is 2.48. The maximum Gasteiger partial charge on any atom is 0.251 e. The predicted molar refractivity (Wildman–Crippen MR) is 67.0 cm³/mol. The molecule has 1 aliphatic heterocycles. The lowest BCUT2D eigenvalue weighted by atomic mass is 10.2. The summed E-state index contributed by atoms with van der Waals surface area (Å²) in [6.45, 7) is 2.26. The van der Waals surface area contributed by atoms with Gasteiger partial charge in [-0.3, -0.25) is 4.79 Å². The number of hydrogen-bond acceptors (Lipinski definition) is 3. The zero-order valence-electron chi connectivity index (χ0n) is 9.32. The molecule has 1 N–H and O–H groups in total. The fourth-order valence-corrected chi connectivity index (χ4v) is 1.83. The minimum absolute atomic E-state index is 0.0388. The Balaban J connectivity index is 1.82. The van der Waals surface area contributed by atoms with Gasteiger partial charge in [0.05, 0.1) is 25.9 Å². The van der Waals surface area contributed by atoms with E-state index in [2.05, 4.69) is 21.2 Å². The number of halogens is 1. The summed E-state index contributed by atoms with van der Waals surface area (Å²) in [5, 5.41) is 2.83. The van der Waals surface area contributed by atoms with Crippen molar-refractivity contribution in [3.8, 4) is 0 Å². The molecule has 1 heterocycles. The minimum atomic E-state index is -0.0910. The number of amides is 1. The van der Waals surface area contributed by atoms with Crippen LogP contribution in [-0.2, 0) is 9.47 Å². The van der Waals surface area contributed by atoms with Crippen molar-refractivity contribution < 1.29 is 14.3 Å². The van der Waals surface area contributed by atoms with Gasteiger partial charge in [0.1, 0.15) is 0 Å². The summed E-state index contributed by atoms with van der Waals surface area (Å²) < 4.78 is 11.6. The number of carbonyl (C=O) groups excluding carboxylic acids is 1. The highest BCUT2D eigenvalue weighted by Crippen LogP contribution is 2.10. The van der Waals surface area contributed by atoms with Crippen LogP contribution in [-0.4, -0.2) is 38.4 Å². The Morgan fingerprint density at radius 1 is 1.35 bits per heavy atom. The second kappa shape index (κ2) is 6.14. The van der Waals surface area contributed by atoms with Gasteiger partial charge in [-0.25, -0.2) is 0 Å². The lowest BCUT2D eigenvalue weighted by Gasteiger charge is -2.23. The Hall–Kier alpha value is -0.910. The van der Waals surface area contributed by atoms with Crippen LogP contribution >= 0.6 is 15.9 Å². The van der Waals surface area contributed by atoms with Crippen LogP contribution in [0.15, 0.2) is 28.7 Å². The van der Waals surface area contributed by atoms with Crippen molar-refractivity contribution in [1.82, 2.24) is 5.32 Å². The number of benzene rings is 1. The topological polar surface area (TPSA) is 47.6 Å². The summed E-state index contributed by atoms with van der Waals surface area (Å²) in [5.74, 6) is -0.0910. The Morgan fingerprint density at radius 2 is 2.12 bits per heavy atom. The molecule has 0 radical (unpaired) electrons. The molecular weight excluding hydrogens is 286 g/mol. The normalized spacial score (nSPS) is 19.9. The van der Waals surface area contributed by atoms with E-state index in [0.29, 0.717) is 31.9 Å². The van der Waals surface area contributed by atoms with E-state index in [9.17, 15) is 4.79 Å². The smallest absolute Gasteiger partial charge is 0.251 e. The molecule has 1 amide bonds. The van der Waals surface area contributed by atoms with E-state index in [1.54, 1.807) is 12.1 Å². The van der Waals surface area contributed by atoms with Gasteiger partial charge in [-0.1, -0.05) is 15.9 Å². The van der Waals surface area contributed by atoms with Crippen molar-refractivity contribution in [3.05, 3.63) is 34.3 Å². The highest BCUT2D eigenvalue weighted by molar-refractivity contribution is 9.10. The summed E-state index contributed by atoms with van der Waals surface area (Å²) in [5.41, 5.74) is 0.643. The first-order valence-electron chi connectivity index (χ1n) is 5.49. The average Bonchev–Trinajstić information content (AvgIpc) is 2.38. The Bertz CT molecular complexity index is 374. The Kier molecular flexibility index (Phi) is 4.53. The third kappa shape index (κ3) is 3.80. The molecule has 0 aliphatic carbocycles. The van der Waals surface area contributed by atoms with Crippen molar-refractivity contribution in [3.63, 3.8) is 0 Å². The highest BCUT2D eigenvalue weighted by atomic mass is 79.9. The summed E-state index contributed by atoms with van der Waals surface area (Å²) >= 11 is 3.33. The van der Waals surface area contributed by atoms with E-state index in [4.69, 9.17) is 9.47 Å². The van der Waals surface area contributed by atoms with Gasteiger partial charge in [0.25, 0.3) is 5.91 Å². The number of hydrogen-bond donors (Lipinski definition) is 1. The van der Waals surface area contributed by atoms with Crippen molar-refractivity contribution in [1.29, 1.82) is 0 Å². The van der Waals surface area contributed by atoms with Crippen molar-refractivity contribution >= 4 is 21.8 Å². The summed E-state index contributed by atoms with van der Waals surface area (Å²) in [7, 11) is 0. The molecule has 92 valence electrons. The molecule has 1 fully saturated rings. The second-order valence-electron chi connectivity index (χ2n) is 3.78. The molecule has 5 heteroatoms. The molecule has 4 nitrogen and oxygen atoms in total. The van der Waals surface area contributed by atoms with E-state index in [-0.39, 0.29) is 12.0 Å². The van der Waals surface area contributed by atoms with Crippen LogP contribution in [0.2, 0.25) is 0 Å². The molecule has 1 atom stereocenters. The molecule has 1 unspecified atom stereocenters. The number of carbonyl (C=O) groups is 1. The van der Waals surface area contributed by atoms with E-state index in [0.717, 1.165) is 4.47 Å². The standard InChI is InChI=1S/C12H14BrNO3/c13-10-3-1-9(2-4-10)12(15)14-7-11-8-16-5-6-17-11/h1-4,11H,5-8H2,(H,14,15). The number of nitrogens with one attached hydrogen (secondary N) is 1. The van der Waals surface area contributed by atoms with Gasteiger partial charge in [0.15, 0.2) is 0 Å². The summed E-state index contributed by atoms with van der Waals surface area (Å²) in [4.78, 5) is 11.8. The van der Waals surface area contributed by atoms with Gasteiger partial charge >= 0.3 is 0 Å². The first kappa shape index (κ1) is 12.5. The van der Waals surface area contributed by atoms with Crippen LogP contribution in [0, 0.1) is 0 Å². The van der Waals surface area contributed by atoms with Crippen LogP contribution < -0.4 is 5.32 Å². The molecule has 0 aromatic heterocycles. The lowest BCUT2D eigenvalue weighted by molar-refractivity contribution is -0.0855. The molecule has 0 spiro atoms. The molecule has 1 aromatic carbocycles. The van der Waals surface area contributed by atoms with Gasteiger partial charge < -0.3 is 14.8 Å². The first-order valence-corrected chi connectivity index (χ1v) is 6.28. The van der Waals surface area contributed by atoms with Crippen molar-refractivity contribution in [2.75, 3.05) is 26.4 Å². The maximum atomic E-state index is 11.8. The van der Waals surface area contributed by atoms with E-state index >= 15 is 0 Å². The van der Waals surface area contributed by atoms with Gasteiger partial charge in [-0.15, -0.1) is 0 Å². The largest absolute Gasteiger partial charge is 0.376 e. The van der Waals surface area contributed by atoms with Gasteiger partial charge in [-0.05, 0) is 24.3 Å². The first-order chi connectivity index (χ1) is 8.25. The summed E-state index contributed by atoms with van der Waals surface area (Å²) in [6, 6.07) is 7.24. The minimum Gasteiger partial charge on any atom is -0.376 e. The molecular formula is C12H14BrNO3. The maximum absolute atomic E-state index is 11.8. The van der Waals surface area contributed by atoms with E-state index in [1.807, 2.05) is 12.1 Å². The SMILES string of the molecule is O=C(NCC1COCCO1)c1ccc(Br)cc1. The van der Waals surface area contributed by atoms with Crippen LogP contribution in [0.25, 0.3) is 0 Å². The molecule has 17 heavy (non-hydrogen) atoms. The van der Waals surface area contributed by atoms with Crippen LogP contribution in [0.5, 0.6) is 0 Å². The fourth-order valence-electron chi connectivity index (χ4n) is 1.56. The molecule has 1 saturated heterocycles. The van der Waals surface area contributed by atoms with Gasteiger partial charge in [0.2, 0.25) is 0 Å². The average molecular weight is 300 g/mol. The van der Waals surface area contributed by atoms with Gasteiger partial charge in [-0.2, -0.15) is 0 Å². The molecule has 1 aromatic rings. The fraction of sp³-hybridized carbons (Fsp3) is 0.417. The number of rotatable bonds is 3. The molecule has 2 rings (SSSR count). The summed E-state index contributed by atoms with van der Waals surface area (Å²) in [6.07, 6.45) is -0.0388. The van der Waals surface area contributed by atoms with Crippen LogP contribution in [0.3, 0.4) is 0 Å². The van der Waals surface area contributed by atoms with E-state index < -0.39 is 0 Å². The van der Waals surface area contributed by atoms with E-state index in [1.165, 1.54) is 0 Å². The molecule has 1 aliphatic rings. The second-order valence-corrected chi connectivity index (χ2v) is 4.70. The predicted octanol–water partition coefficient (Wildman–Crippen LogP) is 1.59. The van der Waals surface area contributed by atoms with Gasteiger partial charge in [0, 0.05) is 16.6 Å². The van der Waals surface area contributed by atoms with Crippen LogP contribution in [0.4, 0.5) is 0 Å². The zero-order valence-corrected chi connectivity index (χ0v) is 10.9. The monoisotopic (exact) mass is 299 g/mol. The molecule has 0 saturated carbocycles. The quantitative estimate of drug-likeness (QED) is 0.922. The zero-order chi connectivity index (χ0) is 12.1. The Morgan fingerprint density at radius 3 is 2.76 bits per heavy atom. The third-order valence-corrected chi connectivity index (χ3v) is 3.01.